The van der Waals surface area contributed by atoms with Crippen molar-refractivity contribution in [1.29, 1.82) is 0 Å². The Hall–Kier alpha value is 0.0600. The number of nitrogens with zero attached hydrogens (tertiary/aromatic N) is 4. The molecule has 0 aromatic heterocycles. The minimum absolute atomic E-state index is 0.360. The molecule has 0 aliphatic carbocycles. The molecule has 8 heavy (non-hydrogen) atoms. The van der Waals surface area contributed by atoms with Gasteiger partial charge in [-0.25, -0.2) is 0 Å². The smallest absolute Gasteiger partial charge is 0.107 e. The third kappa shape index (κ3) is 0.910. The van der Waals surface area contributed by atoms with Gasteiger partial charge >= 0.3 is 0 Å². The van der Waals surface area contributed by atoms with E-state index in [-0.39, 0.29) is 9.91 Å². The second-order valence-corrected chi connectivity index (χ2v) is 4.33. The lowest BCUT2D eigenvalue weighted by molar-refractivity contribution is -0.762. The summed E-state index contributed by atoms with van der Waals surface area (Å²) in [6.45, 7) is 0. The Morgan fingerprint density at radius 1 is 1.50 bits per heavy atom. The average molecular weight is 151 g/mol. The van der Waals surface area contributed by atoms with Crippen LogP contribution >= 0.6 is 11.7 Å². The maximum atomic E-state index is 4.12. The fraction of sp³-hybridized carbons (Fsp3) is 1.00. The molecular formula is C2H7N4S2+. The van der Waals surface area contributed by atoms with E-state index < -0.39 is 0 Å². The van der Waals surface area contributed by atoms with E-state index in [4.69, 9.17) is 0 Å². The first-order valence-corrected chi connectivity index (χ1v) is 4.23. The predicted octanol–water partition coefficient (Wildman–Crippen LogP) is 0.920. The Labute approximate surface area is 55.2 Å². The Morgan fingerprint density at radius 2 is 2.12 bits per heavy atom. The van der Waals surface area contributed by atoms with Crippen molar-refractivity contribution in [1.82, 2.24) is 0 Å². The van der Waals surface area contributed by atoms with Crippen molar-refractivity contribution >= 4 is 21.6 Å². The first kappa shape index (κ1) is 6.18. The van der Waals surface area contributed by atoms with Crippen LogP contribution in [-0.4, -0.2) is 18.1 Å². The van der Waals surface area contributed by atoms with E-state index in [1.54, 1.807) is 0 Å². The lowest BCUT2D eigenvalue weighted by Crippen LogP contribution is -2.29. The molecule has 0 bridgehead atoms. The Balaban J connectivity index is 2.87. The topological polar surface area (TPSA) is 37.1 Å². The standard InChI is InChI=1S/C2H7N4S2/c1-6(2)4-3-5-8(6)7/h1-2H3,(H,4,5,7)/q+1. The molecule has 1 rings (SSSR count). The SMILES string of the molecule is C[N+]1(C)N=NN=S1S. The van der Waals surface area contributed by atoms with E-state index >= 15 is 0 Å². The van der Waals surface area contributed by atoms with E-state index in [1.807, 2.05) is 14.1 Å². The van der Waals surface area contributed by atoms with Crippen LogP contribution in [0.3, 0.4) is 0 Å². The minimum Gasteiger partial charge on any atom is -0.107 e. The molecule has 0 spiro atoms. The molecule has 1 atom stereocenters. The Morgan fingerprint density at radius 3 is 2.25 bits per heavy atom. The molecule has 1 heterocycles. The molecule has 0 fully saturated rings. The second-order valence-electron chi connectivity index (χ2n) is 1.80. The quantitative estimate of drug-likeness (QED) is 0.304. The lowest BCUT2D eigenvalue weighted by Gasteiger charge is -2.11. The van der Waals surface area contributed by atoms with Crippen LogP contribution in [0.1, 0.15) is 0 Å². The van der Waals surface area contributed by atoms with E-state index in [0.29, 0.717) is 4.00 Å². The number of hydrogen-bond acceptors (Lipinski definition) is 3. The molecule has 1 aliphatic heterocycles. The fourth-order valence-electron chi connectivity index (χ4n) is 0.267. The zero-order valence-electron chi connectivity index (χ0n) is 4.64. The molecule has 0 radical (unpaired) electrons. The monoisotopic (exact) mass is 151 g/mol. The van der Waals surface area contributed by atoms with Gasteiger partial charge < -0.3 is 0 Å². The summed E-state index contributed by atoms with van der Waals surface area (Å²) >= 11 is 4.12. The molecule has 4 nitrogen and oxygen atoms in total. The van der Waals surface area contributed by atoms with Crippen molar-refractivity contribution < 1.29 is 4.00 Å². The normalized spacial score (nSPS) is 32.6. The summed E-state index contributed by atoms with van der Waals surface area (Å²) in [6.07, 6.45) is 0. The highest BCUT2D eigenvalue weighted by molar-refractivity contribution is 8.58. The van der Waals surface area contributed by atoms with Crippen LogP contribution in [-0.2, 0) is 9.91 Å². The highest BCUT2D eigenvalue weighted by Gasteiger charge is 2.24. The van der Waals surface area contributed by atoms with Crippen molar-refractivity contribution in [2.24, 2.45) is 14.9 Å². The van der Waals surface area contributed by atoms with Crippen LogP contribution in [0.15, 0.2) is 14.9 Å². The van der Waals surface area contributed by atoms with Crippen LogP contribution in [0.4, 0.5) is 0 Å². The lowest BCUT2D eigenvalue weighted by atomic mass is 11.2. The third-order valence-corrected chi connectivity index (χ3v) is 3.27. The first-order chi connectivity index (χ1) is 3.63. The van der Waals surface area contributed by atoms with E-state index in [2.05, 4.69) is 26.6 Å². The number of hydrogen-bond donors (Lipinski definition) is 1. The number of quaternary nitrogens is 1. The molecule has 1 aliphatic rings. The molecule has 0 aromatic carbocycles. The van der Waals surface area contributed by atoms with Gasteiger partial charge in [-0.1, -0.05) is 0 Å². The first-order valence-electron chi connectivity index (χ1n) is 2.04. The van der Waals surface area contributed by atoms with Gasteiger partial charge in [-0.05, 0) is 16.1 Å². The molecule has 0 aromatic rings. The molecular weight excluding hydrogens is 144 g/mol. The van der Waals surface area contributed by atoms with Crippen LogP contribution in [0.2, 0.25) is 0 Å². The van der Waals surface area contributed by atoms with Gasteiger partial charge in [-0.3, -0.25) is 0 Å². The molecule has 1 unspecified atom stereocenters. The zero-order chi connectivity index (χ0) is 6.20. The van der Waals surface area contributed by atoms with Gasteiger partial charge in [0.25, 0.3) is 0 Å². The van der Waals surface area contributed by atoms with Gasteiger partial charge in [0.2, 0.25) is 9.91 Å². The van der Waals surface area contributed by atoms with E-state index in [0.717, 1.165) is 0 Å². The van der Waals surface area contributed by atoms with Crippen molar-refractivity contribution in [3.8, 4) is 0 Å². The van der Waals surface area contributed by atoms with Gasteiger partial charge in [-0.15, -0.1) is 4.00 Å². The molecule has 6 heteroatoms. The van der Waals surface area contributed by atoms with Crippen LogP contribution in [0, 0.1) is 0 Å². The summed E-state index contributed by atoms with van der Waals surface area (Å²) in [5.74, 6) is 0. The summed E-state index contributed by atoms with van der Waals surface area (Å²) in [7, 11) is 3.44. The van der Waals surface area contributed by atoms with Gasteiger partial charge in [0.15, 0.2) is 0 Å². The predicted molar refractivity (Wildman–Crippen MR) is 35.7 cm³/mol. The van der Waals surface area contributed by atoms with Crippen LogP contribution in [0.25, 0.3) is 0 Å². The van der Waals surface area contributed by atoms with E-state index in [9.17, 15) is 0 Å². The van der Waals surface area contributed by atoms with Crippen molar-refractivity contribution in [2.75, 3.05) is 14.1 Å². The molecule has 0 N–H and O–H groups in total. The van der Waals surface area contributed by atoms with Gasteiger partial charge in [0, 0.05) is 5.22 Å². The molecule has 0 saturated heterocycles. The Bertz CT molecular complexity index is 159. The summed E-state index contributed by atoms with van der Waals surface area (Å²) in [6, 6.07) is 0. The summed E-state index contributed by atoms with van der Waals surface area (Å²) in [5.41, 5.74) is 0. The largest absolute Gasteiger partial charge is 0.202 e. The number of rotatable bonds is 0. The number of thiol groups is 1. The Kier molecular flexibility index (Phi) is 1.38. The fourth-order valence-corrected chi connectivity index (χ4v) is 0.838. The molecule has 0 saturated carbocycles. The molecule has 46 valence electrons. The van der Waals surface area contributed by atoms with Crippen LogP contribution in [0.5, 0.6) is 0 Å². The minimum atomic E-state index is -0.360. The zero-order valence-corrected chi connectivity index (χ0v) is 6.36. The van der Waals surface area contributed by atoms with Crippen molar-refractivity contribution in [3.05, 3.63) is 0 Å². The van der Waals surface area contributed by atoms with Crippen molar-refractivity contribution in [2.45, 2.75) is 0 Å². The van der Waals surface area contributed by atoms with Gasteiger partial charge in [-0.2, -0.15) is 0 Å². The maximum Gasteiger partial charge on any atom is 0.202 e. The van der Waals surface area contributed by atoms with Gasteiger partial charge in [0.1, 0.15) is 14.1 Å². The second kappa shape index (κ2) is 1.78. The summed E-state index contributed by atoms with van der Waals surface area (Å²) in [5, 5.41) is 7.26. The molecule has 0 amide bonds. The summed E-state index contributed by atoms with van der Waals surface area (Å²) < 4.78 is 4.13. The van der Waals surface area contributed by atoms with Crippen LogP contribution < -0.4 is 0 Å². The summed E-state index contributed by atoms with van der Waals surface area (Å²) in [4.78, 5) is 0. The average Bonchev–Trinajstić information content (AvgIpc) is 1.86. The maximum absolute atomic E-state index is 4.12. The highest BCUT2D eigenvalue weighted by atomic mass is 33.1. The third-order valence-electron chi connectivity index (χ3n) is 0.765. The van der Waals surface area contributed by atoms with E-state index in [1.165, 1.54) is 0 Å². The van der Waals surface area contributed by atoms with Crippen molar-refractivity contribution in [3.63, 3.8) is 0 Å². The van der Waals surface area contributed by atoms with Gasteiger partial charge in [0.05, 0.1) is 5.22 Å². The highest BCUT2D eigenvalue weighted by Crippen LogP contribution is 2.17.